The number of benzene rings is 2. The first-order valence-electron chi connectivity index (χ1n) is 10.2. The zero-order valence-corrected chi connectivity index (χ0v) is 18.8. The van der Waals surface area contributed by atoms with Crippen molar-refractivity contribution in [1.29, 1.82) is 0 Å². The van der Waals surface area contributed by atoms with Crippen LogP contribution < -0.4 is 14.8 Å². The Bertz CT molecular complexity index is 1170. The van der Waals surface area contributed by atoms with Crippen LogP contribution in [0.25, 0.3) is 27.7 Å². The second-order valence-corrected chi connectivity index (χ2v) is 7.79. The average Bonchev–Trinajstić information content (AvgIpc) is 3.18. The zero-order valence-electron chi connectivity index (χ0n) is 18.8. The lowest BCUT2D eigenvalue weighted by Gasteiger charge is -2.17. The van der Waals surface area contributed by atoms with Crippen molar-refractivity contribution in [2.24, 2.45) is 5.92 Å². The number of fused-ring (bicyclic) bond motifs is 1. The SMILES string of the molecule is COc1cc2occ(-c3ccccc3OC)c2cc1/C(C)=C/C(=O)NC(C(=O)O)C(C)C. The predicted molar refractivity (Wildman–Crippen MR) is 123 cm³/mol. The molecule has 2 N–H and O–H groups in total. The van der Waals surface area contributed by atoms with Crippen LogP contribution in [0.1, 0.15) is 26.3 Å². The first kappa shape index (κ1) is 22.9. The van der Waals surface area contributed by atoms with Crippen molar-refractivity contribution in [3.63, 3.8) is 0 Å². The Kier molecular flexibility index (Phi) is 6.88. The van der Waals surface area contributed by atoms with Crippen molar-refractivity contribution in [2.75, 3.05) is 14.2 Å². The fourth-order valence-electron chi connectivity index (χ4n) is 3.59. The second kappa shape index (κ2) is 9.60. The van der Waals surface area contributed by atoms with Crippen LogP contribution in [-0.4, -0.2) is 37.2 Å². The summed E-state index contributed by atoms with van der Waals surface area (Å²) < 4.78 is 16.8. The molecule has 1 amide bonds. The molecular formula is C25H27NO6. The van der Waals surface area contributed by atoms with Crippen LogP contribution in [0, 0.1) is 5.92 Å². The van der Waals surface area contributed by atoms with Gasteiger partial charge in [-0.3, -0.25) is 4.79 Å². The highest BCUT2D eigenvalue weighted by molar-refractivity contribution is 6.01. The molecule has 0 spiro atoms. The maximum atomic E-state index is 12.5. The Morgan fingerprint density at radius 3 is 2.38 bits per heavy atom. The molecule has 0 saturated heterocycles. The lowest BCUT2D eigenvalue weighted by atomic mass is 9.98. The van der Waals surface area contributed by atoms with Crippen molar-refractivity contribution >= 4 is 28.4 Å². The van der Waals surface area contributed by atoms with Crippen LogP contribution in [0.15, 0.2) is 53.2 Å². The molecule has 3 rings (SSSR count). The van der Waals surface area contributed by atoms with Crippen LogP contribution >= 0.6 is 0 Å². The van der Waals surface area contributed by atoms with Gasteiger partial charge in [-0.15, -0.1) is 0 Å². The van der Waals surface area contributed by atoms with E-state index in [-0.39, 0.29) is 5.92 Å². The van der Waals surface area contributed by atoms with Crippen molar-refractivity contribution in [3.8, 4) is 22.6 Å². The summed E-state index contributed by atoms with van der Waals surface area (Å²) in [7, 11) is 3.16. The summed E-state index contributed by atoms with van der Waals surface area (Å²) in [5, 5.41) is 12.7. The van der Waals surface area contributed by atoms with Crippen molar-refractivity contribution in [2.45, 2.75) is 26.8 Å². The van der Waals surface area contributed by atoms with E-state index in [1.165, 1.54) is 6.08 Å². The normalized spacial score (nSPS) is 12.6. The Hall–Kier alpha value is -3.74. The van der Waals surface area contributed by atoms with Gasteiger partial charge >= 0.3 is 5.97 Å². The zero-order chi connectivity index (χ0) is 23.4. The Morgan fingerprint density at radius 1 is 1.06 bits per heavy atom. The van der Waals surface area contributed by atoms with E-state index in [0.717, 1.165) is 16.5 Å². The molecule has 3 aromatic rings. The summed E-state index contributed by atoms with van der Waals surface area (Å²) in [4.78, 5) is 23.9. The standard InChI is InChI=1S/C25H27NO6/c1-14(2)24(25(28)29)26-23(27)10-15(3)17-11-18-19(13-32-22(18)12-21(17)31-5)16-8-6-7-9-20(16)30-4/h6-14,24H,1-5H3,(H,26,27)(H,28,29)/b15-10+. The number of rotatable bonds is 8. The Morgan fingerprint density at radius 2 is 1.75 bits per heavy atom. The average molecular weight is 437 g/mol. The van der Waals surface area contributed by atoms with E-state index in [1.807, 2.05) is 30.3 Å². The van der Waals surface area contributed by atoms with E-state index in [0.29, 0.717) is 28.2 Å². The number of hydrogen-bond donors (Lipinski definition) is 2. The number of ether oxygens (including phenoxy) is 2. The van der Waals surface area contributed by atoms with E-state index in [4.69, 9.17) is 13.9 Å². The molecule has 0 aliphatic carbocycles. The van der Waals surface area contributed by atoms with Crippen molar-refractivity contribution in [1.82, 2.24) is 5.32 Å². The third kappa shape index (κ3) is 4.61. The number of amides is 1. The lowest BCUT2D eigenvalue weighted by molar-refractivity contribution is -0.142. The van der Waals surface area contributed by atoms with Gasteiger partial charge in [0, 0.05) is 34.2 Å². The number of carboxylic acids is 1. The van der Waals surface area contributed by atoms with E-state index in [9.17, 15) is 14.7 Å². The van der Waals surface area contributed by atoms with E-state index < -0.39 is 17.9 Å². The second-order valence-electron chi connectivity index (χ2n) is 7.79. The van der Waals surface area contributed by atoms with Gasteiger partial charge in [0.2, 0.25) is 5.91 Å². The number of allylic oxidation sites excluding steroid dienone is 1. The van der Waals surface area contributed by atoms with Gasteiger partial charge in [-0.25, -0.2) is 4.79 Å². The van der Waals surface area contributed by atoms with Gasteiger partial charge < -0.3 is 24.3 Å². The molecule has 2 aromatic carbocycles. The highest BCUT2D eigenvalue weighted by Crippen LogP contribution is 2.40. The topological polar surface area (TPSA) is 98.0 Å². The van der Waals surface area contributed by atoms with Gasteiger partial charge in [0.05, 0.1) is 20.5 Å². The number of carbonyl (C=O) groups is 2. The summed E-state index contributed by atoms with van der Waals surface area (Å²) in [6.07, 6.45) is 3.04. The number of hydrogen-bond acceptors (Lipinski definition) is 5. The predicted octanol–water partition coefficient (Wildman–Crippen LogP) is 4.75. The van der Waals surface area contributed by atoms with Gasteiger partial charge in [-0.1, -0.05) is 32.0 Å². The molecule has 1 unspecified atom stereocenters. The van der Waals surface area contributed by atoms with Gasteiger partial charge in [0.1, 0.15) is 23.1 Å². The summed E-state index contributed by atoms with van der Waals surface area (Å²) in [5.41, 5.74) is 3.69. The molecule has 0 fully saturated rings. The minimum absolute atomic E-state index is 0.245. The number of carboxylic acid groups (broad SMARTS) is 1. The van der Waals surface area contributed by atoms with Gasteiger partial charge in [-0.05, 0) is 30.5 Å². The van der Waals surface area contributed by atoms with Crippen LogP contribution in [0.3, 0.4) is 0 Å². The molecule has 1 aromatic heterocycles. The molecule has 0 saturated carbocycles. The molecular weight excluding hydrogens is 410 g/mol. The lowest BCUT2D eigenvalue weighted by Crippen LogP contribution is -2.43. The van der Waals surface area contributed by atoms with E-state index >= 15 is 0 Å². The summed E-state index contributed by atoms with van der Waals surface area (Å²) in [6, 6.07) is 10.3. The maximum Gasteiger partial charge on any atom is 0.326 e. The van der Waals surface area contributed by atoms with Gasteiger partial charge in [0.25, 0.3) is 0 Å². The molecule has 7 nitrogen and oxygen atoms in total. The molecule has 0 radical (unpaired) electrons. The molecule has 0 aliphatic heterocycles. The number of aliphatic carboxylic acids is 1. The minimum Gasteiger partial charge on any atom is -0.496 e. The summed E-state index contributed by atoms with van der Waals surface area (Å²) in [5.74, 6) is -0.544. The molecule has 168 valence electrons. The molecule has 0 bridgehead atoms. The molecule has 0 aliphatic rings. The fourth-order valence-corrected chi connectivity index (χ4v) is 3.59. The Labute approximate surface area is 186 Å². The smallest absolute Gasteiger partial charge is 0.326 e. The van der Waals surface area contributed by atoms with Crippen LogP contribution in [0.5, 0.6) is 11.5 Å². The molecule has 1 heterocycles. The van der Waals surface area contributed by atoms with E-state index in [1.54, 1.807) is 47.3 Å². The quantitative estimate of drug-likeness (QED) is 0.494. The Balaban J connectivity index is 2.04. The molecule has 1 atom stereocenters. The number of nitrogens with one attached hydrogen (secondary N) is 1. The van der Waals surface area contributed by atoms with Crippen LogP contribution in [-0.2, 0) is 9.59 Å². The first-order chi connectivity index (χ1) is 15.3. The fraction of sp³-hybridized carbons (Fsp3) is 0.280. The summed E-state index contributed by atoms with van der Waals surface area (Å²) >= 11 is 0. The van der Waals surface area contributed by atoms with Gasteiger partial charge in [-0.2, -0.15) is 0 Å². The van der Waals surface area contributed by atoms with E-state index in [2.05, 4.69) is 5.32 Å². The van der Waals surface area contributed by atoms with Crippen LogP contribution in [0.2, 0.25) is 0 Å². The highest BCUT2D eigenvalue weighted by Gasteiger charge is 2.23. The monoisotopic (exact) mass is 437 g/mol. The van der Waals surface area contributed by atoms with Crippen LogP contribution in [0.4, 0.5) is 0 Å². The van der Waals surface area contributed by atoms with Gasteiger partial charge in [0.15, 0.2) is 0 Å². The molecule has 32 heavy (non-hydrogen) atoms. The molecule has 7 heteroatoms. The highest BCUT2D eigenvalue weighted by atomic mass is 16.5. The summed E-state index contributed by atoms with van der Waals surface area (Å²) in [6.45, 7) is 5.26. The maximum absolute atomic E-state index is 12.5. The minimum atomic E-state index is -1.07. The first-order valence-corrected chi connectivity index (χ1v) is 10.2. The third-order valence-corrected chi connectivity index (χ3v) is 5.30. The van der Waals surface area contributed by atoms with Crippen molar-refractivity contribution < 1.29 is 28.6 Å². The number of para-hydroxylation sites is 1. The largest absolute Gasteiger partial charge is 0.496 e. The van der Waals surface area contributed by atoms with Crippen molar-refractivity contribution in [3.05, 3.63) is 54.3 Å². The third-order valence-electron chi connectivity index (χ3n) is 5.30. The number of methoxy groups -OCH3 is 2. The number of carbonyl (C=O) groups excluding carboxylic acids is 1. The number of furan rings is 1.